The largest absolute Gasteiger partial charge is 0.448 e. The first-order valence-electron chi connectivity index (χ1n) is 7.14. The smallest absolute Gasteiger partial charge is 0.339 e. The van der Waals surface area contributed by atoms with Crippen LogP contribution in [-0.2, 0) is 22.4 Å². The first-order valence-corrected chi connectivity index (χ1v) is 7.96. The lowest BCUT2D eigenvalue weighted by molar-refractivity contribution is -0.125. The molecule has 1 aromatic heterocycles. The molecule has 6 heteroatoms. The fourth-order valence-corrected chi connectivity index (χ4v) is 3.38. The Balaban J connectivity index is 1.75. The van der Waals surface area contributed by atoms with E-state index in [-0.39, 0.29) is 5.91 Å². The Kier molecular flexibility index (Phi) is 3.94. The van der Waals surface area contributed by atoms with Crippen molar-refractivity contribution >= 4 is 28.3 Å². The van der Waals surface area contributed by atoms with Gasteiger partial charge in [-0.2, -0.15) is 0 Å². The molecule has 2 heterocycles. The van der Waals surface area contributed by atoms with Crippen LogP contribution >= 0.6 is 11.3 Å². The highest BCUT2D eigenvalue weighted by molar-refractivity contribution is 7.15. The molecule has 0 spiro atoms. The summed E-state index contributed by atoms with van der Waals surface area (Å²) in [5.41, 5.74) is 2.35. The minimum absolute atomic E-state index is 0.334. The molecule has 1 N–H and O–H groups in total. The first kappa shape index (κ1) is 14.7. The van der Waals surface area contributed by atoms with E-state index in [2.05, 4.69) is 10.3 Å². The lowest BCUT2D eigenvalue weighted by Gasteiger charge is -2.23. The molecule has 0 saturated carbocycles. The third kappa shape index (κ3) is 2.74. The first-order chi connectivity index (χ1) is 10.6. The second kappa shape index (κ2) is 5.88. The van der Waals surface area contributed by atoms with Gasteiger partial charge in [-0.25, -0.2) is 9.78 Å². The molecule has 5 nitrogen and oxygen atoms in total. The third-order valence-electron chi connectivity index (χ3n) is 3.64. The number of carbonyl (C=O) groups excluding carboxylic acids is 2. The van der Waals surface area contributed by atoms with Gasteiger partial charge in [0.15, 0.2) is 11.2 Å². The average Bonchev–Trinajstić information content (AvgIpc) is 2.87. The van der Waals surface area contributed by atoms with Gasteiger partial charge in [-0.1, -0.05) is 25.1 Å². The van der Waals surface area contributed by atoms with Gasteiger partial charge >= 0.3 is 5.97 Å². The molecule has 114 valence electrons. The quantitative estimate of drug-likeness (QED) is 0.884. The summed E-state index contributed by atoms with van der Waals surface area (Å²) >= 11 is 1.43. The normalized spacial score (nSPS) is 16.8. The fraction of sp³-hybridized carbons (Fsp3) is 0.312. The molecule has 1 aliphatic heterocycles. The number of amides is 1. The van der Waals surface area contributed by atoms with Crippen molar-refractivity contribution < 1.29 is 14.3 Å². The Morgan fingerprint density at radius 3 is 2.95 bits per heavy atom. The second-order valence-corrected chi connectivity index (χ2v) is 6.32. The maximum Gasteiger partial charge on any atom is 0.339 e. The zero-order valence-corrected chi connectivity index (χ0v) is 13.2. The summed E-state index contributed by atoms with van der Waals surface area (Å²) in [4.78, 5) is 29.7. The number of fused-ring (bicyclic) bond motifs is 1. The van der Waals surface area contributed by atoms with Crippen molar-refractivity contribution in [2.24, 2.45) is 0 Å². The lowest BCUT2D eigenvalue weighted by atomic mass is 9.98. The van der Waals surface area contributed by atoms with Gasteiger partial charge in [0.2, 0.25) is 0 Å². The van der Waals surface area contributed by atoms with Gasteiger partial charge < -0.3 is 4.74 Å². The molecule has 3 rings (SSSR count). The maximum atomic E-state index is 12.3. The van der Waals surface area contributed by atoms with Crippen molar-refractivity contribution in [2.45, 2.75) is 32.8 Å². The molecular formula is C16H16N2O3S. The van der Waals surface area contributed by atoms with Crippen LogP contribution in [0.1, 0.15) is 33.4 Å². The van der Waals surface area contributed by atoms with Crippen LogP contribution < -0.4 is 5.32 Å². The molecular weight excluding hydrogens is 300 g/mol. The average molecular weight is 316 g/mol. The summed E-state index contributed by atoms with van der Waals surface area (Å²) in [5.74, 6) is -0.786. The van der Waals surface area contributed by atoms with E-state index in [9.17, 15) is 9.59 Å². The molecule has 0 radical (unpaired) electrons. The van der Waals surface area contributed by atoms with E-state index in [1.165, 1.54) is 11.3 Å². The van der Waals surface area contributed by atoms with Crippen LogP contribution in [0.15, 0.2) is 24.3 Å². The highest BCUT2D eigenvalue weighted by Gasteiger charge is 2.31. The van der Waals surface area contributed by atoms with Crippen LogP contribution in [0.25, 0.3) is 0 Å². The Morgan fingerprint density at radius 1 is 1.45 bits per heavy atom. The Labute approximate surface area is 132 Å². The predicted molar refractivity (Wildman–Crippen MR) is 84.2 cm³/mol. The molecule has 1 atom stereocenters. The Hall–Kier alpha value is -2.21. The van der Waals surface area contributed by atoms with E-state index in [1.807, 2.05) is 26.0 Å². The number of thiazole rings is 1. The van der Waals surface area contributed by atoms with Crippen molar-refractivity contribution in [1.29, 1.82) is 0 Å². The number of hydrogen-bond donors (Lipinski definition) is 1. The number of hydrogen-bond acceptors (Lipinski definition) is 5. The number of nitrogens with one attached hydrogen (secondary N) is 1. The minimum Gasteiger partial charge on any atom is -0.448 e. The summed E-state index contributed by atoms with van der Waals surface area (Å²) < 4.78 is 5.24. The SMILES string of the molecule is CCc1nc(NC(=O)C2Cc3ccccc3C(=O)O2)sc1C. The molecule has 0 aliphatic carbocycles. The van der Waals surface area contributed by atoms with Crippen LogP contribution in [-0.4, -0.2) is 23.0 Å². The molecule has 0 bridgehead atoms. The van der Waals surface area contributed by atoms with Crippen molar-refractivity contribution in [1.82, 2.24) is 4.98 Å². The monoisotopic (exact) mass is 316 g/mol. The number of anilines is 1. The number of nitrogens with zero attached hydrogens (tertiary/aromatic N) is 1. The number of cyclic esters (lactones) is 1. The standard InChI is InChI=1S/C16H16N2O3S/c1-3-12-9(2)22-16(17-12)18-14(19)13-8-10-6-4-5-7-11(10)15(20)21-13/h4-7,13H,3,8H2,1-2H3,(H,17,18,19). The van der Waals surface area contributed by atoms with E-state index in [0.717, 1.165) is 22.6 Å². The van der Waals surface area contributed by atoms with Gasteiger partial charge in [0.25, 0.3) is 5.91 Å². The molecule has 1 amide bonds. The summed E-state index contributed by atoms with van der Waals surface area (Å²) in [5, 5.41) is 3.30. The van der Waals surface area contributed by atoms with Crippen LogP contribution in [0, 0.1) is 6.92 Å². The van der Waals surface area contributed by atoms with E-state index in [4.69, 9.17) is 4.74 Å². The maximum absolute atomic E-state index is 12.3. The fourth-order valence-electron chi connectivity index (χ4n) is 2.47. The summed E-state index contributed by atoms with van der Waals surface area (Å²) in [6, 6.07) is 7.19. The topological polar surface area (TPSA) is 68.3 Å². The molecule has 0 fully saturated rings. The van der Waals surface area contributed by atoms with Crippen molar-refractivity contribution in [2.75, 3.05) is 5.32 Å². The number of esters is 1. The molecule has 1 aliphatic rings. The summed E-state index contributed by atoms with van der Waals surface area (Å²) in [6.07, 6.45) is 0.402. The van der Waals surface area contributed by atoms with Crippen molar-refractivity contribution in [3.05, 3.63) is 46.0 Å². The van der Waals surface area contributed by atoms with E-state index >= 15 is 0 Å². The Morgan fingerprint density at radius 2 is 2.23 bits per heavy atom. The highest BCUT2D eigenvalue weighted by atomic mass is 32.1. The lowest BCUT2D eigenvalue weighted by Crippen LogP contribution is -2.37. The van der Waals surface area contributed by atoms with Crippen LogP contribution in [0.4, 0.5) is 5.13 Å². The van der Waals surface area contributed by atoms with Crippen LogP contribution in [0.2, 0.25) is 0 Å². The molecule has 1 unspecified atom stereocenters. The number of aromatic nitrogens is 1. The molecule has 1 aromatic carbocycles. The Bertz CT molecular complexity index is 739. The van der Waals surface area contributed by atoms with Crippen molar-refractivity contribution in [3.8, 4) is 0 Å². The van der Waals surface area contributed by atoms with Crippen molar-refractivity contribution in [3.63, 3.8) is 0 Å². The number of rotatable bonds is 3. The van der Waals surface area contributed by atoms with Gasteiger partial charge in [-0.3, -0.25) is 10.1 Å². The third-order valence-corrected chi connectivity index (χ3v) is 4.57. The van der Waals surface area contributed by atoms with Gasteiger partial charge in [0, 0.05) is 11.3 Å². The van der Waals surface area contributed by atoms with Crippen LogP contribution in [0.5, 0.6) is 0 Å². The molecule has 0 saturated heterocycles. The zero-order valence-electron chi connectivity index (χ0n) is 12.4. The number of aryl methyl sites for hydroxylation is 2. The molecule has 22 heavy (non-hydrogen) atoms. The highest BCUT2D eigenvalue weighted by Crippen LogP contribution is 2.25. The number of carbonyl (C=O) groups is 2. The summed E-state index contributed by atoms with van der Waals surface area (Å²) in [6.45, 7) is 4.00. The van der Waals surface area contributed by atoms with E-state index in [1.54, 1.807) is 12.1 Å². The van der Waals surface area contributed by atoms with E-state index in [0.29, 0.717) is 17.1 Å². The van der Waals surface area contributed by atoms with Gasteiger partial charge in [-0.05, 0) is 25.0 Å². The van der Waals surface area contributed by atoms with Gasteiger partial charge in [0.1, 0.15) is 0 Å². The number of ether oxygens (including phenoxy) is 1. The van der Waals surface area contributed by atoms with Gasteiger partial charge in [-0.15, -0.1) is 11.3 Å². The zero-order chi connectivity index (χ0) is 15.7. The number of benzene rings is 1. The van der Waals surface area contributed by atoms with E-state index < -0.39 is 12.1 Å². The van der Waals surface area contributed by atoms with Gasteiger partial charge in [0.05, 0.1) is 11.3 Å². The predicted octanol–water partition coefficient (Wildman–Crippen LogP) is 2.73. The minimum atomic E-state index is -0.809. The molecule has 2 aromatic rings. The summed E-state index contributed by atoms with van der Waals surface area (Å²) in [7, 11) is 0. The van der Waals surface area contributed by atoms with Crippen LogP contribution in [0.3, 0.4) is 0 Å². The second-order valence-electron chi connectivity index (χ2n) is 5.12.